The molecule has 1 unspecified atom stereocenters. The van der Waals surface area contributed by atoms with Gasteiger partial charge in [0.05, 0.1) is 11.0 Å². The predicted molar refractivity (Wildman–Crippen MR) is 131 cm³/mol. The quantitative estimate of drug-likeness (QED) is 0.242. The van der Waals surface area contributed by atoms with Gasteiger partial charge in [-0.2, -0.15) is 0 Å². The highest BCUT2D eigenvalue weighted by molar-refractivity contribution is 6.04. The zero-order valence-electron chi connectivity index (χ0n) is 19.7. The summed E-state index contributed by atoms with van der Waals surface area (Å²) < 4.78 is 53.8. The molecule has 36 heavy (non-hydrogen) atoms. The first kappa shape index (κ1) is 25.2. The van der Waals surface area contributed by atoms with E-state index in [1.54, 1.807) is 0 Å². The fourth-order valence-electron chi connectivity index (χ4n) is 4.03. The number of anilines is 2. The summed E-state index contributed by atoms with van der Waals surface area (Å²) in [5, 5.41) is 17.5. The lowest BCUT2D eigenvalue weighted by molar-refractivity contribution is 0.146. The monoisotopic (exact) mass is 501 g/mol. The fraction of sp³-hybridized carbons (Fsp3) is 0.320. The van der Waals surface area contributed by atoms with Gasteiger partial charge in [-0.05, 0) is 31.9 Å². The van der Waals surface area contributed by atoms with E-state index in [1.165, 1.54) is 12.1 Å². The van der Waals surface area contributed by atoms with Crippen molar-refractivity contribution in [2.45, 2.75) is 50.6 Å². The number of hydrogen-bond acceptors (Lipinski definition) is 7. The van der Waals surface area contributed by atoms with Gasteiger partial charge in [0.2, 0.25) is 6.43 Å². The van der Waals surface area contributed by atoms with Crippen molar-refractivity contribution in [1.82, 2.24) is 20.6 Å². The standard InChI is InChI=1S/C25H27F4N7/c1-12(33-15-7-8-15)25(3)13(2)34-24-20(25)22(31)35-23(36-24)18(30)9-16(10-19(27)28)32-11-14-5-4-6-17(26)21(14)29/h4-6,9,15,19,30,32-33H,1-2,7-8,10-11H2,3H3,(H3,31,34,35,36)/b16-9-,30-18?. The lowest BCUT2D eigenvalue weighted by atomic mass is 9.80. The Hall–Kier alpha value is -3.89. The van der Waals surface area contributed by atoms with Crippen LogP contribution < -0.4 is 21.7 Å². The highest BCUT2D eigenvalue weighted by Crippen LogP contribution is 2.48. The summed E-state index contributed by atoms with van der Waals surface area (Å²) in [4.78, 5) is 8.64. The summed E-state index contributed by atoms with van der Waals surface area (Å²) in [5.41, 5.74) is 6.96. The maximum Gasteiger partial charge on any atom is 0.244 e. The molecule has 1 aliphatic heterocycles. The smallest absolute Gasteiger partial charge is 0.244 e. The number of allylic oxidation sites excluding steroid dienone is 2. The second-order valence-corrected chi connectivity index (χ2v) is 9.03. The van der Waals surface area contributed by atoms with Gasteiger partial charge in [-0.3, -0.25) is 5.41 Å². The summed E-state index contributed by atoms with van der Waals surface area (Å²) in [6, 6.07) is 3.97. The molecule has 1 aromatic carbocycles. The van der Waals surface area contributed by atoms with Crippen molar-refractivity contribution in [1.29, 1.82) is 5.41 Å². The minimum atomic E-state index is -2.74. The van der Waals surface area contributed by atoms with Crippen LogP contribution in [0.4, 0.5) is 29.2 Å². The minimum Gasteiger partial charge on any atom is -0.385 e. The van der Waals surface area contributed by atoms with Gasteiger partial charge in [-0.1, -0.05) is 25.3 Å². The Morgan fingerprint density at radius 2 is 2.06 bits per heavy atom. The molecule has 0 radical (unpaired) electrons. The molecule has 0 amide bonds. The van der Waals surface area contributed by atoms with Crippen molar-refractivity contribution in [3.05, 3.63) is 83.1 Å². The van der Waals surface area contributed by atoms with Gasteiger partial charge >= 0.3 is 0 Å². The molecule has 0 spiro atoms. The molecule has 4 rings (SSSR count). The number of hydrogen-bond donors (Lipinski definition) is 5. The number of nitrogens with two attached hydrogens (primary N) is 1. The third kappa shape index (κ3) is 4.91. The summed E-state index contributed by atoms with van der Waals surface area (Å²) >= 11 is 0. The number of halogens is 4. The average Bonchev–Trinajstić information content (AvgIpc) is 3.58. The van der Waals surface area contributed by atoms with Crippen LogP contribution in [0.1, 0.15) is 43.1 Å². The van der Waals surface area contributed by atoms with E-state index in [0.29, 0.717) is 28.8 Å². The summed E-state index contributed by atoms with van der Waals surface area (Å²) in [6.45, 7) is 9.88. The molecule has 190 valence electrons. The highest BCUT2D eigenvalue weighted by atomic mass is 19.3. The molecular formula is C25H27F4N7. The zero-order chi connectivity index (χ0) is 26.2. The molecule has 7 nitrogen and oxygen atoms in total. The van der Waals surface area contributed by atoms with Crippen molar-refractivity contribution < 1.29 is 17.6 Å². The summed E-state index contributed by atoms with van der Waals surface area (Å²) in [5.74, 6) is -1.75. The van der Waals surface area contributed by atoms with Crippen LogP contribution in [0.2, 0.25) is 0 Å². The van der Waals surface area contributed by atoms with Crippen LogP contribution in [0.3, 0.4) is 0 Å². The molecule has 6 N–H and O–H groups in total. The minimum absolute atomic E-state index is 0.0400. The van der Waals surface area contributed by atoms with Gasteiger partial charge in [-0.25, -0.2) is 27.5 Å². The van der Waals surface area contributed by atoms with E-state index in [4.69, 9.17) is 11.1 Å². The number of fused-ring (bicyclic) bond motifs is 1. The number of rotatable bonds is 10. The lowest BCUT2D eigenvalue weighted by Gasteiger charge is -2.29. The van der Waals surface area contributed by atoms with Crippen LogP contribution in [-0.4, -0.2) is 28.1 Å². The third-order valence-corrected chi connectivity index (χ3v) is 6.34. The van der Waals surface area contributed by atoms with Crippen molar-refractivity contribution in [3.8, 4) is 0 Å². The normalized spacial score (nSPS) is 19.2. The Kier molecular flexibility index (Phi) is 6.75. The van der Waals surface area contributed by atoms with Gasteiger partial charge in [0, 0.05) is 41.7 Å². The number of nitrogens with one attached hydrogen (secondary N) is 4. The Bertz CT molecular complexity index is 1270. The number of benzene rings is 1. The molecule has 1 fully saturated rings. The molecule has 1 saturated carbocycles. The summed E-state index contributed by atoms with van der Waals surface area (Å²) in [6.07, 6.45) is -0.245. The topological polar surface area (TPSA) is 112 Å². The van der Waals surface area contributed by atoms with Gasteiger partial charge in [0.25, 0.3) is 0 Å². The Morgan fingerprint density at radius 1 is 1.33 bits per heavy atom. The van der Waals surface area contributed by atoms with Crippen LogP contribution in [0, 0.1) is 17.0 Å². The van der Waals surface area contributed by atoms with Crippen molar-refractivity contribution in [3.63, 3.8) is 0 Å². The van der Waals surface area contributed by atoms with Crippen molar-refractivity contribution >= 4 is 17.3 Å². The van der Waals surface area contributed by atoms with E-state index in [1.807, 2.05) is 6.92 Å². The van der Waals surface area contributed by atoms with Gasteiger partial charge in [-0.15, -0.1) is 0 Å². The largest absolute Gasteiger partial charge is 0.385 e. The predicted octanol–water partition coefficient (Wildman–Crippen LogP) is 4.50. The first-order valence-electron chi connectivity index (χ1n) is 11.4. The molecule has 0 bridgehead atoms. The average molecular weight is 502 g/mol. The van der Waals surface area contributed by atoms with E-state index < -0.39 is 29.9 Å². The van der Waals surface area contributed by atoms with E-state index in [9.17, 15) is 17.6 Å². The van der Waals surface area contributed by atoms with Crippen molar-refractivity contribution in [2.24, 2.45) is 0 Å². The van der Waals surface area contributed by atoms with E-state index >= 15 is 0 Å². The maximum absolute atomic E-state index is 14.0. The van der Waals surface area contributed by atoms with Crippen molar-refractivity contribution in [2.75, 3.05) is 11.1 Å². The Morgan fingerprint density at radius 3 is 2.72 bits per heavy atom. The number of nitrogen functional groups attached to an aromatic ring is 1. The Balaban J connectivity index is 1.59. The summed E-state index contributed by atoms with van der Waals surface area (Å²) in [7, 11) is 0. The molecular weight excluding hydrogens is 474 g/mol. The van der Waals surface area contributed by atoms with Gasteiger partial charge in [0.15, 0.2) is 17.5 Å². The highest BCUT2D eigenvalue weighted by Gasteiger charge is 2.45. The van der Waals surface area contributed by atoms with Crippen LogP contribution in [0.25, 0.3) is 0 Å². The van der Waals surface area contributed by atoms with Crippen LogP contribution >= 0.6 is 0 Å². The molecule has 2 aliphatic rings. The third-order valence-electron chi connectivity index (χ3n) is 6.34. The fourth-order valence-corrected chi connectivity index (χ4v) is 4.03. The van der Waals surface area contributed by atoms with E-state index in [2.05, 4.69) is 39.1 Å². The van der Waals surface area contributed by atoms with Gasteiger partial charge in [0.1, 0.15) is 17.3 Å². The van der Waals surface area contributed by atoms with Crippen LogP contribution in [0.15, 0.2) is 54.5 Å². The first-order chi connectivity index (χ1) is 17.0. The number of aromatic nitrogens is 2. The molecule has 2 aromatic rings. The lowest BCUT2D eigenvalue weighted by Crippen LogP contribution is -2.34. The number of nitrogens with zero attached hydrogens (tertiary/aromatic N) is 2. The first-order valence-corrected chi connectivity index (χ1v) is 11.4. The molecule has 11 heteroatoms. The zero-order valence-corrected chi connectivity index (χ0v) is 19.7. The number of alkyl halides is 2. The van der Waals surface area contributed by atoms with Gasteiger partial charge < -0.3 is 21.7 Å². The van der Waals surface area contributed by atoms with E-state index in [-0.39, 0.29) is 35.2 Å². The van der Waals surface area contributed by atoms with E-state index in [0.717, 1.165) is 25.0 Å². The molecule has 1 aromatic heterocycles. The molecule has 2 heterocycles. The molecule has 1 aliphatic carbocycles. The van der Waals surface area contributed by atoms with Crippen LogP contribution in [0.5, 0.6) is 0 Å². The van der Waals surface area contributed by atoms with Crippen LogP contribution in [-0.2, 0) is 12.0 Å². The maximum atomic E-state index is 14.0. The molecule has 0 saturated heterocycles. The molecule has 1 atom stereocenters. The second kappa shape index (κ2) is 9.63. The SMILES string of the molecule is C=C1Nc2nc(C(=N)/C=C(/CC(F)F)NCc3cccc(F)c3F)nc(N)c2C1(C)C(=C)NC1CC1. The Labute approximate surface area is 206 Å². The second-order valence-electron chi connectivity index (χ2n) is 9.03.